The number of aliphatic imine (C=N–C) groups is 1. The smallest absolute Gasteiger partial charge is 0.162 e. The Morgan fingerprint density at radius 3 is 2.60 bits per heavy atom. The van der Waals surface area contributed by atoms with Crippen molar-refractivity contribution in [2.24, 2.45) is 4.99 Å². The van der Waals surface area contributed by atoms with Crippen LogP contribution in [0, 0.1) is 0 Å². The SMILES string of the molecule is CCCC1N=C(c2ccccn2)c2cc(Cl)ccc2-n2c(CN(CC)CC)nnc21. The maximum Gasteiger partial charge on any atom is 0.162 e. The molecule has 30 heavy (non-hydrogen) atoms. The van der Waals surface area contributed by atoms with Gasteiger partial charge >= 0.3 is 0 Å². The highest BCUT2D eigenvalue weighted by Gasteiger charge is 2.29. The molecule has 0 N–H and O–H groups in total. The quantitative estimate of drug-likeness (QED) is 0.546. The van der Waals surface area contributed by atoms with Crippen molar-refractivity contribution in [2.45, 2.75) is 46.2 Å². The standard InChI is InChI=1S/C23H27ClN6/c1-4-9-19-23-28-27-21(15-29(5-2)6-3)30(23)20-12-11-16(24)14-17(20)22(26-19)18-10-7-8-13-25-18/h7-8,10-14,19H,4-6,9,15H2,1-3H3. The Morgan fingerprint density at radius 1 is 1.07 bits per heavy atom. The van der Waals surface area contributed by atoms with Crippen molar-refractivity contribution in [3.05, 3.63) is 70.5 Å². The van der Waals surface area contributed by atoms with Crippen molar-refractivity contribution in [3.63, 3.8) is 0 Å². The Morgan fingerprint density at radius 2 is 1.90 bits per heavy atom. The Hall–Kier alpha value is -2.57. The molecule has 4 rings (SSSR count). The lowest BCUT2D eigenvalue weighted by Gasteiger charge is -2.19. The number of pyridine rings is 1. The predicted octanol–water partition coefficient (Wildman–Crippen LogP) is 4.85. The van der Waals surface area contributed by atoms with Gasteiger partial charge in [-0.15, -0.1) is 10.2 Å². The summed E-state index contributed by atoms with van der Waals surface area (Å²) in [6, 6.07) is 11.8. The van der Waals surface area contributed by atoms with Crippen LogP contribution in [0.3, 0.4) is 0 Å². The summed E-state index contributed by atoms with van der Waals surface area (Å²) in [5.74, 6) is 1.81. The minimum absolute atomic E-state index is 0.0869. The molecule has 1 atom stereocenters. The second-order valence-corrected chi connectivity index (χ2v) is 7.87. The summed E-state index contributed by atoms with van der Waals surface area (Å²) in [6.07, 6.45) is 3.69. The Labute approximate surface area is 182 Å². The van der Waals surface area contributed by atoms with E-state index in [9.17, 15) is 0 Å². The molecule has 1 aromatic carbocycles. The lowest BCUT2D eigenvalue weighted by Crippen LogP contribution is -2.24. The molecule has 0 amide bonds. The first-order chi connectivity index (χ1) is 14.7. The summed E-state index contributed by atoms with van der Waals surface area (Å²) in [7, 11) is 0. The highest BCUT2D eigenvalue weighted by molar-refractivity contribution is 6.31. The lowest BCUT2D eigenvalue weighted by atomic mass is 10.0. The number of aromatic nitrogens is 4. The predicted molar refractivity (Wildman–Crippen MR) is 121 cm³/mol. The van der Waals surface area contributed by atoms with Crippen LogP contribution in [-0.2, 0) is 6.54 Å². The van der Waals surface area contributed by atoms with E-state index >= 15 is 0 Å². The van der Waals surface area contributed by atoms with E-state index in [1.165, 1.54) is 0 Å². The second-order valence-electron chi connectivity index (χ2n) is 7.43. The Balaban J connectivity index is 1.95. The normalized spacial score (nSPS) is 15.5. The Kier molecular flexibility index (Phi) is 6.25. The topological polar surface area (TPSA) is 59.2 Å². The molecule has 1 aliphatic heterocycles. The average Bonchev–Trinajstić information content (AvgIpc) is 3.13. The van der Waals surface area contributed by atoms with E-state index in [1.54, 1.807) is 6.20 Å². The van der Waals surface area contributed by atoms with E-state index in [4.69, 9.17) is 16.6 Å². The van der Waals surface area contributed by atoms with Crippen LogP contribution in [0.1, 0.15) is 62.6 Å². The van der Waals surface area contributed by atoms with Crippen molar-refractivity contribution in [2.75, 3.05) is 13.1 Å². The summed E-state index contributed by atoms with van der Waals surface area (Å²) in [5, 5.41) is 9.87. The van der Waals surface area contributed by atoms with Crippen LogP contribution in [0.4, 0.5) is 0 Å². The molecule has 0 spiro atoms. The molecular formula is C23H27ClN6. The number of fused-ring (bicyclic) bond motifs is 3. The fourth-order valence-corrected chi connectivity index (χ4v) is 4.08. The van der Waals surface area contributed by atoms with Crippen LogP contribution in [0.5, 0.6) is 0 Å². The summed E-state index contributed by atoms with van der Waals surface area (Å²) in [5.41, 5.74) is 3.66. The highest BCUT2D eigenvalue weighted by Crippen LogP contribution is 2.34. The molecule has 0 fully saturated rings. The number of nitrogens with zero attached hydrogens (tertiary/aromatic N) is 6. The number of benzene rings is 1. The number of halogens is 1. The van der Waals surface area contributed by atoms with E-state index in [0.717, 1.165) is 66.8 Å². The first-order valence-corrected chi connectivity index (χ1v) is 11.0. The molecule has 0 saturated heterocycles. The van der Waals surface area contributed by atoms with Crippen molar-refractivity contribution in [3.8, 4) is 5.69 Å². The molecule has 0 saturated carbocycles. The molecule has 0 radical (unpaired) electrons. The van der Waals surface area contributed by atoms with Gasteiger partial charge < -0.3 is 0 Å². The highest BCUT2D eigenvalue weighted by atomic mass is 35.5. The molecule has 2 aromatic heterocycles. The molecule has 1 aliphatic rings. The molecule has 7 heteroatoms. The number of hydrogen-bond acceptors (Lipinski definition) is 5. The number of rotatable bonds is 7. The summed E-state index contributed by atoms with van der Waals surface area (Å²) in [4.78, 5) is 12.1. The molecule has 1 unspecified atom stereocenters. The maximum atomic E-state index is 6.43. The third-order valence-electron chi connectivity index (χ3n) is 5.52. The van der Waals surface area contributed by atoms with Gasteiger partial charge in [0.2, 0.25) is 0 Å². The molecule has 3 heterocycles. The van der Waals surface area contributed by atoms with Gasteiger partial charge in [-0.3, -0.25) is 19.4 Å². The van der Waals surface area contributed by atoms with E-state index in [2.05, 4.69) is 45.4 Å². The van der Waals surface area contributed by atoms with Gasteiger partial charge in [0.15, 0.2) is 11.6 Å². The summed E-state index contributed by atoms with van der Waals surface area (Å²) in [6.45, 7) is 9.15. The van der Waals surface area contributed by atoms with Crippen LogP contribution in [0.2, 0.25) is 5.02 Å². The zero-order valence-electron chi connectivity index (χ0n) is 17.7. The summed E-state index contributed by atoms with van der Waals surface area (Å²) < 4.78 is 2.18. The van der Waals surface area contributed by atoms with Crippen LogP contribution < -0.4 is 0 Å². The van der Waals surface area contributed by atoms with E-state index < -0.39 is 0 Å². The minimum Gasteiger partial charge on any atom is -0.296 e. The molecule has 3 aromatic rings. The van der Waals surface area contributed by atoms with Gasteiger partial charge in [0, 0.05) is 16.8 Å². The molecule has 0 bridgehead atoms. The fourth-order valence-electron chi connectivity index (χ4n) is 3.91. The monoisotopic (exact) mass is 422 g/mol. The van der Waals surface area contributed by atoms with Crippen molar-refractivity contribution >= 4 is 17.3 Å². The van der Waals surface area contributed by atoms with Gasteiger partial charge in [0.05, 0.1) is 23.6 Å². The van der Waals surface area contributed by atoms with Gasteiger partial charge in [-0.25, -0.2) is 0 Å². The van der Waals surface area contributed by atoms with Crippen molar-refractivity contribution < 1.29 is 0 Å². The van der Waals surface area contributed by atoms with Gasteiger partial charge in [0.1, 0.15) is 6.04 Å². The van der Waals surface area contributed by atoms with Crippen molar-refractivity contribution in [1.82, 2.24) is 24.6 Å². The zero-order valence-corrected chi connectivity index (χ0v) is 18.5. The van der Waals surface area contributed by atoms with Gasteiger partial charge in [-0.2, -0.15) is 0 Å². The number of hydrogen-bond donors (Lipinski definition) is 0. The van der Waals surface area contributed by atoms with E-state index in [0.29, 0.717) is 5.02 Å². The molecule has 6 nitrogen and oxygen atoms in total. The first-order valence-electron chi connectivity index (χ1n) is 10.6. The fraction of sp³-hybridized carbons (Fsp3) is 0.391. The van der Waals surface area contributed by atoms with Crippen LogP contribution in [-0.4, -0.2) is 43.4 Å². The van der Waals surface area contributed by atoms with Crippen LogP contribution >= 0.6 is 11.6 Å². The van der Waals surface area contributed by atoms with E-state index in [-0.39, 0.29) is 6.04 Å². The second kappa shape index (κ2) is 9.06. The molecular weight excluding hydrogens is 396 g/mol. The van der Waals surface area contributed by atoms with Crippen molar-refractivity contribution in [1.29, 1.82) is 0 Å². The first kappa shape index (κ1) is 20.7. The molecule has 156 valence electrons. The van der Waals surface area contributed by atoms with E-state index in [1.807, 2.05) is 36.4 Å². The lowest BCUT2D eigenvalue weighted by molar-refractivity contribution is 0.286. The molecule has 0 aliphatic carbocycles. The third kappa shape index (κ3) is 3.89. The summed E-state index contributed by atoms with van der Waals surface area (Å²) >= 11 is 6.43. The Bertz CT molecular complexity index is 1040. The largest absolute Gasteiger partial charge is 0.296 e. The van der Waals surface area contributed by atoms with Crippen LogP contribution in [0.25, 0.3) is 5.69 Å². The van der Waals surface area contributed by atoms with Gasteiger partial charge in [-0.05, 0) is 49.8 Å². The maximum absolute atomic E-state index is 6.43. The zero-order chi connectivity index (χ0) is 21.1. The third-order valence-corrected chi connectivity index (χ3v) is 5.76. The minimum atomic E-state index is -0.0869. The van der Waals surface area contributed by atoms with Gasteiger partial charge in [0.25, 0.3) is 0 Å². The van der Waals surface area contributed by atoms with Gasteiger partial charge in [-0.1, -0.05) is 44.9 Å². The van der Waals surface area contributed by atoms with Crippen LogP contribution in [0.15, 0.2) is 47.6 Å². The average molecular weight is 423 g/mol.